The zero-order valence-corrected chi connectivity index (χ0v) is 9.68. The Hall–Kier alpha value is -0.870. The van der Waals surface area contributed by atoms with Crippen molar-refractivity contribution >= 4 is 10.0 Å². The maximum absolute atomic E-state index is 11.7. The summed E-state index contributed by atoms with van der Waals surface area (Å²) in [7, 11) is -3.31. The summed E-state index contributed by atoms with van der Waals surface area (Å²) in [6.45, 7) is 2.59. The molecule has 0 atom stereocenters. The Morgan fingerprint density at radius 2 is 1.93 bits per heavy atom. The zero-order valence-electron chi connectivity index (χ0n) is 8.86. The summed E-state index contributed by atoms with van der Waals surface area (Å²) in [6, 6.07) is 9.07. The van der Waals surface area contributed by atoms with Crippen LogP contribution in [0, 0.1) is 6.07 Å². The van der Waals surface area contributed by atoms with Gasteiger partial charge in [0.25, 0.3) is 0 Å². The molecule has 1 aromatic carbocycles. The minimum atomic E-state index is -3.31. The van der Waals surface area contributed by atoms with Crippen molar-refractivity contribution in [2.75, 3.05) is 6.54 Å². The maximum Gasteiger partial charge on any atom is 0.240 e. The summed E-state index contributed by atoms with van der Waals surface area (Å²) >= 11 is 0. The molecule has 1 aromatic rings. The second kappa shape index (κ2) is 5.88. The van der Waals surface area contributed by atoms with E-state index in [1.54, 1.807) is 24.3 Å². The van der Waals surface area contributed by atoms with Crippen molar-refractivity contribution < 1.29 is 8.42 Å². The Bertz CT molecular complexity index is 373. The lowest BCUT2D eigenvalue weighted by Crippen LogP contribution is -2.24. The third-order valence-electron chi connectivity index (χ3n) is 2.07. The molecule has 0 aliphatic rings. The van der Waals surface area contributed by atoms with Crippen molar-refractivity contribution in [2.45, 2.75) is 31.1 Å². The summed E-state index contributed by atoms with van der Waals surface area (Å²) < 4.78 is 25.9. The molecule has 83 valence electrons. The molecule has 1 rings (SSSR count). The van der Waals surface area contributed by atoms with Crippen LogP contribution in [0.1, 0.15) is 26.2 Å². The van der Waals surface area contributed by atoms with E-state index in [9.17, 15) is 8.42 Å². The zero-order chi connectivity index (χ0) is 11.1. The molecule has 0 fully saturated rings. The van der Waals surface area contributed by atoms with Crippen molar-refractivity contribution in [2.24, 2.45) is 0 Å². The van der Waals surface area contributed by atoms with E-state index in [1.807, 2.05) is 0 Å². The van der Waals surface area contributed by atoms with Gasteiger partial charge in [-0.1, -0.05) is 31.9 Å². The molecule has 15 heavy (non-hydrogen) atoms. The number of sulfonamides is 1. The Labute approximate surface area is 91.6 Å². The van der Waals surface area contributed by atoms with Gasteiger partial charge in [0.05, 0.1) is 4.90 Å². The first-order valence-electron chi connectivity index (χ1n) is 5.12. The molecule has 0 unspecified atom stereocenters. The largest absolute Gasteiger partial charge is 0.240 e. The van der Waals surface area contributed by atoms with Gasteiger partial charge in [-0.2, -0.15) is 0 Å². The molecule has 0 aliphatic carbocycles. The first-order valence-corrected chi connectivity index (χ1v) is 6.61. The summed E-state index contributed by atoms with van der Waals surface area (Å²) in [5.41, 5.74) is 0. The van der Waals surface area contributed by atoms with E-state index in [0.29, 0.717) is 11.4 Å². The van der Waals surface area contributed by atoms with Crippen molar-refractivity contribution in [3.63, 3.8) is 0 Å². The number of rotatable bonds is 6. The normalized spacial score (nSPS) is 11.5. The smallest absolute Gasteiger partial charge is 0.211 e. The van der Waals surface area contributed by atoms with Crippen LogP contribution in [0.3, 0.4) is 0 Å². The Morgan fingerprint density at radius 3 is 2.53 bits per heavy atom. The molecule has 0 aromatic heterocycles. The van der Waals surface area contributed by atoms with Gasteiger partial charge in [0.15, 0.2) is 0 Å². The van der Waals surface area contributed by atoms with Crippen molar-refractivity contribution in [3.05, 3.63) is 30.3 Å². The number of unbranched alkanes of at least 4 members (excludes halogenated alkanes) is 2. The first-order chi connectivity index (χ1) is 7.17. The molecule has 0 saturated carbocycles. The SMILES string of the molecule is CCCCCNS(=O)(=O)c1cc[c]cc1. The van der Waals surface area contributed by atoms with Crippen LogP contribution in [0.4, 0.5) is 0 Å². The Balaban J connectivity index is 2.53. The van der Waals surface area contributed by atoms with Crippen LogP contribution >= 0.6 is 0 Å². The molecule has 0 heterocycles. The molecule has 0 spiro atoms. The van der Waals surface area contributed by atoms with Crippen LogP contribution in [0.15, 0.2) is 29.2 Å². The standard InChI is InChI=1S/C11H16NO2S/c1-2-3-7-10-12-15(13,14)11-8-5-4-6-9-11/h5-6,8-9,12H,2-3,7,10H2,1H3. The van der Waals surface area contributed by atoms with Crippen molar-refractivity contribution in [1.29, 1.82) is 0 Å². The summed E-state index contributed by atoms with van der Waals surface area (Å²) in [5.74, 6) is 0. The van der Waals surface area contributed by atoms with E-state index < -0.39 is 10.0 Å². The Kier molecular flexibility index (Phi) is 4.78. The van der Waals surface area contributed by atoms with Gasteiger partial charge in [-0.25, -0.2) is 13.1 Å². The Morgan fingerprint density at radius 1 is 1.27 bits per heavy atom. The van der Waals surface area contributed by atoms with E-state index in [1.165, 1.54) is 0 Å². The molecular formula is C11H16NO2S. The number of hydrogen-bond acceptors (Lipinski definition) is 2. The van der Waals surface area contributed by atoms with Gasteiger partial charge in [-0.05, 0) is 24.6 Å². The highest BCUT2D eigenvalue weighted by Crippen LogP contribution is 2.06. The van der Waals surface area contributed by atoms with E-state index in [2.05, 4.69) is 17.7 Å². The maximum atomic E-state index is 11.7. The van der Waals surface area contributed by atoms with Crippen LogP contribution in [-0.2, 0) is 10.0 Å². The van der Waals surface area contributed by atoms with Crippen molar-refractivity contribution in [3.8, 4) is 0 Å². The van der Waals surface area contributed by atoms with Crippen LogP contribution in [0.5, 0.6) is 0 Å². The minimum absolute atomic E-state index is 0.303. The highest BCUT2D eigenvalue weighted by Gasteiger charge is 2.11. The van der Waals surface area contributed by atoms with E-state index in [-0.39, 0.29) is 0 Å². The fourth-order valence-electron chi connectivity index (χ4n) is 1.22. The third-order valence-corrected chi connectivity index (χ3v) is 3.55. The lowest BCUT2D eigenvalue weighted by atomic mass is 10.3. The number of hydrogen-bond donors (Lipinski definition) is 1. The first kappa shape index (κ1) is 12.2. The van der Waals surface area contributed by atoms with E-state index >= 15 is 0 Å². The van der Waals surface area contributed by atoms with Gasteiger partial charge < -0.3 is 0 Å². The van der Waals surface area contributed by atoms with Gasteiger partial charge in [0.2, 0.25) is 10.0 Å². The average molecular weight is 226 g/mol. The van der Waals surface area contributed by atoms with E-state index in [4.69, 9.17) is 0 Å². The fourth-order valence-corrected chi connectivity index (χ4v) is 2.29. The van der Waals surface area contributed by atoms with Gasteiger partial charge in [0.1, 0.15) is 0 Å². The van der Waals surface area contributed by atoms with Gasteiger partial charge >= 0.3 is 0 Å². The van der Waals surface area contributed by atoms with Crippen LogP contribution in [-0.4, -0.2) is 15.0 Å². The quantitative estimate of drug-likeness (QED) is 0.754. The summed E-state index contributed by atoms with van der Waals surface area (Å²) in [4.78, 5) is 0.303. The predicted octanol–water partition coefficient (Wildman–Crippen LogP) is 1.96. The molecule has 3 nitrogen and oxygen atoms in total. The highest BCUT2D eigenvalue weighted by molar-refractivity contribution is 7.89. The fraction of sp³-hybridized carbons (Fsp3) is 0.455. The molecule has 1 N–H and O–H groups in total. The molecule has 0 aliphatic heterocycles. The van der Waals surface area contributed by atoms with Crippen molar-refractivity contribution in [1.82, 2.24) is 4.72 Å². The van der Waals surface area contributed by atoms with Gasteiger partial charge in [-0.15, -0.1) is 0 Å². The average Bonchev–Trinajstić information content (AvgIpc) is 2.26. The minimum Gasteiger partial charge on any atom is -0.211 e. The lowest BCUT2D eigenvalue weighted by molar-refractivity contribution is 0.576. The van der Waals surface area contributed by atoms with Gasteiger partial charge in [-0.3, -0.25) is 0 Å². The second-order valence-corrected chi connectivity index (χ2v) is 5.11. The molecule has 0 amide bonds. The molecular weight excluding hydrogens is 210 g/mol. The highest BCUT2D eigenvalue weighted by atomic mass is 32.2. The summed E-state index contributed by atoms with van der Waals surface area (Å²) in [5, 5.41) is 0. The van der Waals surface area contributed by atoms with Crippen LogP contribution in [0.2, 0.25) is 0 Å². The van der Waals surface area contributed by atoms with E-state index in [0.717, 1.165) is 19.3 Å². The number of benzene rings is 1. The monoisotopic (exact) mass is 226 g/mol. The third kappa shape index (κ3) is 4.01. The molecule has 4 heteroatoms. The predicted molar refractivity (Wildman–Crippen MR) is 60.0 cm³/mol. The second-order valence-electron chi connectivity index (χ2n) is 3.34. The number of nitrogens with one attached hydrogen (secondary N) is 1. The summed E-state index contributed by atoms with van der Waals surface area (Å²) in [6.07, 6.45) is 3.02. The van der Waals surface area contributed by atoms with Crippen LogP contribution in [0.25, 0.3) is 0 Å². The molecule has 1 radical (unpaired) electrons. The van der Waals surface area contributed by atoms with Crippen LogP contribution < -0.4 is 4.72 Å². The molecule has 0 saturated heterocycles. The topological polar surface area (TPSA) is 46.2 Å². The lowest BCUT2D eigenvalue weighted by Gasteiger charge is -2.05. The molecule has 0 bridgehead atoms. The van der Waals surface area contributed by atoms with Gasteiger partial charge in [0, 0.05) is 6.54 Å².